The average molecular weight is 315 g/mol. The number of aryl methyl sites for hydroxylation is 2. The summed E-state index contributed by atoms with van der Waals surface area (Å²) in [6.07, 6.45) is 2.12. The lowest BCUT2D eigenvalue weighted by molar-refractivity contribution is -0.134. The maximum Gasteiger partial charge on any atom is 0.261 e. The Morgan fingerprint density at radius 3 is 2.95 bits per heavy atom. The standard InChI is InChI=1S/C18H21NO2S/c1-13-7-8-16(14(2)11-13)21-12-18(20)19-9-3-5-15(19)17-6-4-10-22-17/h4,6-8,10-11,15H,3,5,9,12H2,1-2H3. The van der Waals surface area contributed by atoms with Crippen molar-refractivity contribution >= 4 is 17.2 Å². The fourth-order valence-corrected chi connectivity index (χ4v) is 3.90. The van der Waals surface area contributed by atoms with Gasteiger partial charge in [-0.3, -0.25) is 4.79 Å². The van der Waals surface area contributed by atoms with Crippen LogP contribution >= 0.6 is 11.3 Å². The molecule has 4 heteroatoms. The zero-order chi connectivity index (χ0) is 15.5. The molecule has 1 unspecified atom stereocenters. The Kier molecular flexibility index (Phi) is 4.48. The van der Waals surface area contributed by atoms with E-state index in [2.05, 4.69) is 24.4 Å². The van der Waals surface area contributed by atoms with Crippen molar-refractivity contribution in [2.45, 2.75) is 32.7 Å². The van der Waals surface area contributed by atoms with E-state index in [0.29, 0.717) is 0 Å². The minimum atomic E-state index is 0.0795. The van der Waals surface area contributed by atoms with Crippen LogP contribution in [0.1, 0.15) is 34.9 Å². The SMILES string of the molecule is Cc1ccc(OCC(=O)N2CCCC2c2cccs2)c(C)c1. The molecule has 116 valence electrons. The highest BCUT2D eigenvalue weighted by Crippen LogP contribution is 2.34. The molecule has 1 aliphatic rings. The fraction of sp³-hybridized carbons (Fsp3) is 0.389. The van der Waals surface area contributed by atoms with Crippen molar-refractivity contribution in [2.24, 2.45) is 0 Å². The molecule has 1 aliphatic heterocycles. The first-order valence-corrected chi connectivity index (χ1v) is 8.56. The molecule has 2 aromatic rings. The van der Waals surface area contributed by atoms with Crippen molar-refractivity contribution < 1.29 is 9.53 Å². The first-order chi connectivity index (χ1) is 10.6. The number of hydrogen-bond donors (Lipinski definition) is 0. The summed E-state index contributed by atoms with van der Waals surface area (Å²) in [5.41, 5.74) is 2.28. The number of nitrogens with zero attached hydrogens (tertiary/aromatic N) is 1. The number of ether oxygens (including phenoxy) is 1. The van der Waals surface area contributed by atoms with Crippen LogP contribution in [0, 0.1) is 13.8 Å². The normalized spacial score (nSPS) is 17.7. The highest BCUT2D eigenvalue weighted by atomic mass is 32.1. The van der Waals surface area contributed by atoms with E-state index < -0.39 is 0 Å². The molecule has 1 aromatic carbocycles. The molecule has 22 heavy (non-hydrogen) atoms. The molecule has 1 atom stereocenters. The Morgan fingerprint density at radius 2 is 2.23 bits per heavy atom. The maximum absolute atomic E-state index is 12.5. The first-order valence-electron chi connectivity index (χ1n) is 7.68. The van der Waals surface area contributed by atoms with Crippen molar-refractivity contribution in [3.05, 3.63) is 51.7 Å². The molecule has 0 bridgehead atoms. The lowest BCUT2D eigenvalue weighted by Crippen LogP contribution is -2.34. The Hall–Kier alpha value is -1.81. The van der Waals surface area contributed by atoms with Gasteiger partial charge in [0.15, 0.2) is 6.61 Å². The molecule has 0 radical (unpaired) electrons. The van der Waals surface area contributed by atoms with Gasteiger partial charge in [-0.2, -0.15) is 0 Å². The molecule has 3 nitrogen and oxygen atoms in total. The Bertz CT molecular complexity index is 651. The van der Waals surface area contributed by atoms with Crippen molar-refractivity contribution in [3.63, 3.8) is 0 Å². The van der Waals surface area contributed by atoms with Gasteiger partial charge in [-0.1, -0.05) is 23.8 Å². The van der Waals surface area contributed by atoms with Gasteiger partial charge in [0.25, 0.3) is 5.91 Å². The summed E-state index contributed by atoms with van der Waals surface area (Å²) >= 11 is 1.73. The van der Waals surface area contributed by atoms with E-state index in [4.69, 9.17) is 4.74 Å². The third kappa shape index (κ3) is 3.17. The van der Waals surface area contributed by atoms with Gasteiger partial charge in [0, 0.05) is 11.4 Å². The lowest BCUT2D eigenvalue weighted by atomic mass is 10.1. The van der Waals surface area contributed by atoms with E-state index in [0.717, 1.165) is 30.7 Å². The maximum atomic E-state index is 12.5. The molecule has 1 fully saturated rings. The molecular formula is C18H21NO2S. The number of amides is 1. The Balaban J connectivity index is 1.64. The van der Waals surface area contributed by atoms with Crippen LogP contribution in [0.5, 0.6) is 5.75 Å². The second-order valence-corrected chi connectivity index (χ2v) is 6.80. The molecule has 0 N–H and O–H groups in total. The smallest absolute Gasteiger partial charge is 0.261 e. The third-order valence-corrected chi connectivity index (χ3v) is 5.10. The predicted octanol–water partition coefficient (Wildman–Crippen LogP) is 4.11. The van der Waals surface area contributed by atoms with Crippen molar-refractivity contribution in [1.29, 1.82) is 0 Å². The summed E-state index contributed by atoms with van der Waals surface area (Å²) in [6, 6.07) is 10.4. The van der Waals surface area contributed by atoms with E-state index in [1.807, 2.05) is 30.0 Å². The summed E-state index contributed by atoms with van der Waals surface area (Å²) < 4.78 is 5.74. The van der Waals surface area contributed by atoms with Gasteiger partial charge in [-0.05, 0) is 49.8 Å². The second-order valence-electron chi connectivity index (χ2n) is 5.82. The third-order valence-electron chi connectivity index (χ3n) is 4.13. The van der Waals surface area contributed by atoms with Crippen molar-refractivity contribution in [3.8, 4) is 5.75 Å². The number of benzene rings is 1. The first kappa shape index (κ1) is 15.1. The molecule has 2 heterocycles. The molecule has 0 saturated carbocycles. The zero-order valence-electron chi connectivity index (χ0n) is 13.0. The zero-order valence-corrected chi connectivity index (χ0v) is 13.9. The Morgan fingerprint density at radius 1 is 1.36 bits per heavy atom. The van der Waals surface area contributed by atoms with E-state index in [1.165, 1.54) is 10.4 Å². The van der Waals surface area contributed by atoms with Crippen LogP contribution in [0.4, 0.5) is 0 Å². The number of hydrogen-bond acceptors (Lipinski definition) is 3. The molecule has 1 saturated heterocycles. The molecule has 0 spiro atoms. The van der Waals surface area contributed by atoms with Crippen molar-refractivity contribution in [1.82, 2.24) is 4.90 Å². The Labute approximate surface area is 135 Å². The number of carbonyl (C=O) groups excluding carboxylic acids is 1. The number of thiophene rings is 1. The monoisotopic (exact) mass is 315 g/mol. The summed E-state index contributed by atoms with van der Waals surface area (Å²) in [4.78, 5) is 15.8. The molecular weight excluding hydrogens is 294 g/mol. The number of carbonyl (C=O) groups is 1. The van der Waals surface area contributed by atoms with Crippen LogP contribution in [0.2, 0.25) is 0 Å². The van der Waals surface area contributed by atoms with E-state index in [-0.39, 0.29) is 18.6 Å². The van der Waals surface area contributed by atoms with Gasteiger partial charge in [0.2, 0.25) is 0 Å². The summed E-state index contributed by atoms with van der Waals surface area (Å²) in [5.74, 6) is 0.877. The van der Waals surface area contributed by atoms with Crippen molar-refractivity contribution in [2.75, 3.05) is 13.2 Å². The highest BCUT2D eigenvalue weighted by molar-refractivity contribution is 7.10. The van der Waals surface area contributed by atoms with Gasteiger partial charge in [0.05, 0.1) is 6.04 Å². The topological polar surface area (TPSA) is 29.5 Å². The second kappa shape index (κ2) is 6.53. The van der Waals surface area contributed by atoms with Crippen LogP contribution in [0.3, 0.4) is 0 Å². The molecule has 3 rings (SSSR count). The minimum absolute atomic E-state index is 0.0795. The lowest BCUT2D eigenvalue weighted by Gasteiger charge is -2.24. The highest BCUT2D eigenvalue weighted by Gasteiger charge is 2.30. The molecule has 1 amide bonds. The van der Waals surface area contributed by atoms with Crippen LogP contribution in [0.15, 0.2) is 35.7 Å². The van der Waals surface area contributed by atoms with Gasteiger partial charge in [-0.15, -0.1) is 11.3 Å². The summed E-state index contributed by atoms with van der Waals surface area (Å²) in [7, 11) is 0. The van der Waals surface area contributed by atoms with Crippen LogP contribution < -0.4 is 4.74 Å². The molecule has 1 aromatic heterocycles. The van der Waals surface area contributed by atoms with Gasteiger partial charge in [0.1, 0.15) is 5.75 Å². The minimum Gasteiger partial charge on any atom is -0.483 e. The fourth-order valence-electron chi connectivity index (χ4n) is 3.03. The van der Waals surface area contributed by atoms with Gasteiger partial charge >= 0.3 is 0 Å². The van der Waals surface area contributed by atoms with Gasteiger partial charge < -0.3 is 9.64 Å². The number of rotatable bonds is 4. The van der Waals surface area contributed by atoms with Gasteiger partial charge in [-0.25, -0.2) is 0 Å². The molecule has 0 aliphatic carbocycles. The van der Waals surface area contributed by atoms with Crippen LogP contribution in [-0.2, 0) is 4.79 Å². The quantitative estimate of drug-likeness (QED) is 0.850. The van der Waals surface area contributed by atoms with Crippen LogP contribution in [0.25, 0.3) is 0 Å². The number of likely N-dealkylation sites (tertiary alicyclic amines) is 1. The van der Waals surface area contributed by atoms with E-state index >= 15 is 0 Å². The summed E-state index contributed by atoms with van der Waals surface area (Å²) in [5, 5.41) is 2.07. The summed E-state index contributed by atoms with van der Waals surface area (Å²) in [6.45, 7) is 5.01. The van der Waals surface area contributed by atoms with E-state index in [1.54, 1.807) is 11.3 Å². The average Bonchev–Trinajstić information content (AvgIpc) is 3.16. The predicted molar refractivity (Wildman–Crippen MR) is 89.4 cm³/mol. The largest absolute Gasteiger partial charge is 0.483 e. The van der Waals surface area contributed by atoms with E-state index in [9.17, 15) is 4.79 Å². The van der Waals surface area contributed by atoms with Crippen LogP contribution in [-0.4, -0.2) is 24.0 Å².